The fourth-order valence-corrected chi connectivity index (χ4v) is 2.45. The molecule has 112 valence electrons. The molecule has 0 heterocycles. The molecule has 0 aromatic heterocycles. The summed E-state index contributed by atoms with van der Waals surface area (Å²) in [5, 5.41) is 20.4. The van der Waals surface area contributed by atoms with Crippen molar-refractivity contribution in [3.8, 4) is 11.5 Å². The SMILES string of the molecule is COC(=O)C(C(C)C)C(C)(O)c1ccc(O)c(OC)c1. The van der Waals surface area contributed by atoms with Gasteiger partial charge in [0.1, 0.15) is 5.60 Å². The Morgan fingerprint density at radius 2 is 1.90 bits per heavy atom. The molecule has 5 nitrogen and oxygen atoms in total. The first-order chi connectivity index (χ1) is 9.25. The maximum Gasteiger partial charge on any atom is 0.312 e. The number of phenolic OH excluding ortho intramolecular Hbond substituents is 1. The first-order valence-electron chi connectivity index (χ1n) is 6.43. The van der Waals surface area contributed by atoms with Crippen molar-refractivity contribution in [2.75, 3.05) is 14.2 Å². The van der Waals surface area contributed by atoms with Crippen LogP contribution in [0.1, 0.15) is 26.3 Å². The number of carbonyl (C=O) groups is 1. The molecule has 0 saturated heterocycles. The van der Waals surface area contributed by atoms with Gasteiger partial charge in [-0.25, -0.2) is 0 Å². The van der Waals surface area contributed by atoms with Gasteiger partial charge in [0.05, 0.1) is 20.1 Å². The smallest absolute Gasteiger partial charge is 0.312 e. The monoisotopic (exact) mass is 282 g/mol. The van der Waals surface area contributed by atoms with Crippen LogP contribution in [0, 0.1) is 11.8 Å². The third-order valence-corrected chi connectivity index (χ3v) is 3.49. The zero-order chi connectivity index (χ0) is 15.5. The third-order valence-electron chi connectivity index (χ3n) is 3.49. The summed E-state index contributed by atoms with van der Waals surface area (Å²) < 4.78 is 9.81. The highest BCUT2D eigenvalue weighted by atomic mass is 16.5. The van der Waals surface area contributed by atoms with Crippen LogP contribution in [0.5, 0.6) is 11.5 Å². The van der Waals surface area contributed by atoms with E-state index in [1.165, 1.54) is 26.4 Å². The Labute approximate surface area is 119 Å². The average Bonchev–Trinajstić information content (AvgIpc) is 2.38. The van der Waals surface area contributed by atoms with Gasteiger partial charge in [0.2, 0.25) is 0 Å². The number of esters is 1. The molecule has 1 rings (SSSR count). The lowest BCUT2D eigenvalue weighted by molar-refractivity contribution is -0.159. The van der Waals surface area contributed by atoms with E-state index in [2.05, 4.69) is 0 Å². The van der Waals surface area contributed by atoms with Gasteiger partial charge in [-0.1, -0.05) is 19.9 Å². The molecule has 0 radical (unpaired) electrons. The Hall–Kier alpha value is -1.75. The Kier molecular flexibility index (Phi) is 5.00. The summed E-state index contributed by atoms with van der Waals surface area (Å²) >= 11 is 0. The van der Waals surface area contributed by atoms with Crippen molar-refractivity contribution in [3.63, 3.8) is 0 Å². The van der Waals surface area contributed by atoms with Crippen LogP contribution in [0.15, 0.2) is 18.2 Å². The molecule has 2 atom stereocenters. The Balaban J connectivity index is 3.28. The molecule has 0 aliphatic rings. The fraction of sp³-hybridized carbons (Fsp3) is 0.533. The number of hydrogen-bond acceptors (Lipinski definition) is 5. The van der Waals surface area contributed by atoms with Crippen molar-refractivity contribution in [2.45, 2.75) is 26.4 Å². The molecule has 0 amide bonds. The van der Waals surface area contributed by atoms with Gasteiger partial charge < -0.3 is 19.7 Å². The van der Waals surface area contributed by atoms with E-state index in [1.807, 2.05) is 13.8 Å². The zero-order valence-corrected chi connectivity index (χ0v) is 12.5. The van der Waals surface area contributed by atoms with Gasteiger partial charge in [0, 0.05) is 0 Å². The minimum atomic E-state index is -1.43. The molecular weight excluding hydrogens is 260 g/mol. The summed E-state index contributed by atoms with van der Waals surface area (Å²) in [6.07, 6.45) is 0. The minimum absolute atomic E-state index is 0.0220. The second-order valence-electron chi connectivity index (χ2n) is 5.28. The predicted octanol–water partition coefficient (Wildman–Crippen LogP) is 2.05. The van der Waals surface area contributed by atoms with Crippen LogP contribution in [0.4, 0.5) is 0 Å². The molecule has 2 unspecified atom stereocenters. The maximum absolute atomic E-state index is 11.9. The van der Waals surface area contributed by atoms with Crippen molar-refractivity contribution < 1.29 is 24.5 Å². The topological polar surface area (TPSA) is 76.0 Å². The van der Waals surface area contributed by atoms with E-state index in [4.69, 9.17) is 9.47 Å². The average molecular weight is 282 g/mol. The van der Waals surface area contributed by atoms with E-state index in [-0.39, 0.29) is 17.4 Å². The quantitative estimate of drug-likeness (QED) is 0.808. The normalized spacial score (nSPS) is 15.6. The molecule has 0 spiro atoms. The van der Waals surface area contributed by atoms with Gasteiger partial charge in [-0.3, -0.25) is 4.79 Å². The third kappa shape index (κ3) is 3.04. The van der Waals surface area contributed by atoms with Crippen LogP contribution in [0.3, 0.4) is 0 Å². The highest BCUT2D eigenvalue weighted by molar-refractivity contribution is 5.74. The number of aromatic hydroxyl groups is 1. The van der Waals surface area contributed by atoms with Gasteiger partial charge in [0.15, 0.2) is 11.5 Å². The van der Waals surface area contributed by atoms with Crippen LogP contribution in [-0.2, 0) is 15.1 Å². The van der Waals surface area contributed by atoms with Crippen molar-refractivity contribution in [3.05, 3.63) is 23.8 Å². The highest BCUT2D eigenvalue weighted by Crippen LogP contribution is 2.38. The zero-order valence-electron chi connectivity index (χ0n) is 12.5. The molecule has 0 saturated carbocycles. The summed E-state index contributed by atoms with van der Waals surface area (Å²) in [6, 6.07) is 4.52. The number of ether oxygens (including phenoxy) is 2. The van der Waals surface area contributed by atoms with E-state index in [0.717, 1.165) is 0 Å². The number of phenols is 1. The van der Waals surface area contributed by atoms with Crippen molar-refractivity contribution in [2.24, 2.45) is 11.8 Å². The summed E-state index contributed by atoms with van der Waals surface area (Å²) in [7, 11) is 2.72. The van der Waals surface area contributed by atoms with Gasteiger partial charge in [-0.2, -0.15) is 0 Å². The lowest BCUT2D eigenvalue weighted by atomic mass is 9.76. The maximum atomic E-state index is 11.9. The Bertz CT molecular complexity index is 479. The van der Waals surface area contributed by atoms with Crippen LogP contribution in [0.2, 0.25) is 0 Å². The van der Waals surface area contributed by atoms with E-state index in [0.29, 0.717) is 5.56 Å². The Morgan fingerprint density at radius 3 is 2.35 bits per heavy atom. The van der Waals surface area contributed by atoms with Crippen LogP contribution in [-0.4, -0.2) is 30.4 Å². The van der Waals surface area contributed by atoms with Crippen molar-refractivity contribution in [1.82, 2.24) is 0 Å². The molecule has 1 aromatic rings. The predicted molar refractivity (Wildman–Crippen MR) is 74.6 cm³/mol. The standard InChI is InChI=1S/C15H22O5/c1-9(2)13(14(17)20-5)15(3,18)10-6-7-11(16)12(8-10)19-4/h6-9,13,16,18H,1-5H3. The van der Waals surface area contributed by atoms with Crippen molar-refractivity contribution >= 4 is 5.97 Å². The number of benzene rings is 1. The van der Waals surface area contributed by atoms with Gasteiger partial charge in [0.25, 0.3) is 0 Å². The number of rotatable bonds is 5. The summed E-state index contributed by atoms with van der Waals surface area (Å²) in [5.74, 6) is -1.09. The van der Waals surface area contributed by atoms with E-state index >= 15 is 0 Å². The van der Waals surface area contributed by atoms with Gasteiger partial charge in [-0.15, -0.1) is 0 Å². The molecule has 0 aliphatic heterocycles. The number of methoxy groups -OCH3 is 2. The first kappa shape index (κ1) is 16.3. The fourth-order valence-electron chi connectivity index (χ4n) is 2.45. The van der Waals surface area contributed by atoms with Crippen LogP contribution in [0.25, 0.3) is 0 Å². The second-order valence-corrected chi connectivity index (χ2v) is 5.28. The number of aliphatic hydroxyl groups is 1. The summed E-state index contributed by atoms with van der Waals surface area (Å²) in [5.41, 5.74) is -0.946. The molecule has 0 bridgehead atoms. The molecular formula is C15H22O5. The molecule has 0 aliphatic carbocycles. The minimum Gasteiger partial charge on any atom is -0.504 e. The number of hydrogen-bond donors (Lipinski definition) is 2. The molecule has 0 fully saturated rings. The highest BCUT2D eigenvalue weighted by Gasteiger charge is 2.42. The Morgan fingerprint density at radius 1 is 1.30 bits per heavy atom. The molecule has 2 N–H and O–H groups in total. The first-order valence-corrected chi connectivity index (χ1v) is 6.43. The lowest BCUT2D eigenvalue weighted by Crippen LogP contribution is -2.41. The van der Waals surface area contributed by atoms with Crippen molar-refractivity contribution in [1.29, 1.82) is 0 Å². The summed E-state index contributed by atoms with van der Waals surface area (Å²) in [4.78, 5) is 11.9. The summed E-state index contributed by atoms with van der Waals surface area (Å²) in [6.45, 7) is 5.24. The van der Waals surface area contributed by atoms with E-state index in [1.54, 1.807) is 13.0 Å². The van der Waals surface area contributed by atoms with E-state index < -0.39 is 17.5 Å². The van der Waals surface area contributed by atoms with Crippen LogP contribution < -0.4 is 4.74 Å². The van der Waals surface area contributed by atoms with Gasteiger partial charge >= 0.3 is 5.97 Å². The van der Waals surface area contributed by atoms with E-state index in [9.17, 15) is 15.0 Å². The lowest BCUT2D eigenvalue weighted by Gasteiger charge is -2.34. The molecule has 1 aromatic carbocycles. The van der Waals surface area contributed by atoms with Gasteiger partial charge in [-0.05, 0) is 30.5 Å². The molecule has 20 heavy (non-hydrogen) atoms. The largest absolute Gasteiger partial charge is 0.504 e. The second kappa shape index (κ2) is 6.13. The molecule has 5 heteroatoms. The number of carbonyl (C=O) groups excluding carboxylic acids is 1. The van der Waals surface area contributed by atoms with Crippen LogP contribution >= 0.6 is 0 Å².